The summed E-state index contributed by atoms with van der Waals surface area (Å²) in [5, 5.41) is 15.7. The second-order valence-electron chi connectivity index (χ2n) is 6.75. The summed E-state index contributed by atoms with van der Waals surface area (Å²) >= 11 is 12.1. The van der Waals surface area contributed by atoms with Gasteiger partial charge in [-0.2, -0.15) is 0 Å². The summed E-state index contributed by atoms with van der Waals surface area (Å²) in [6.45, 7) is 1.21. The summed E-state index contributed by atoms with van der Waals surface area (Å²) in [5.74, 6) is -0.0929. The summed E-state index contributed by atoms with van der Waals surface area (Å²) in [5.41, 5.74) is 2.84. The fraction of sp³-hybridized carbons (Fsp3) is 0.250. The molecule has 0 aliphatic carbocycles. The van der Waals surface area contributed by atoms with Gasteiger partial charge in [-0.1, -0.05) is 23.2 Å². The SMILES string of the molecule is Cl.O=C(/C=C/c1cnc(NC2CCN(C(=O)Nc3ccc(Cl)cc3)CC2)c(Cl)c1)NO. The number of hydrogen-bond donors (Lipinski definition) is 4. The second-order valence-corrected chi connectivity index (χ2v) is 7.59. The quantitative estimate of drug-likeness (QED) is 0.284. The number of amides is 3. The number of anilines is 2. The first-order chi connectivity index (χ1) is 14.4. The molecule has 8 nitrogen and oxygen atoms in total. The van der Waals surface area contributed by atoms with E-state index in [1.807, 2.05) is 0 Å². The third-order valence-corrected chi connectivity index (χ3v) is 5.16. The van der Waals surface area contributed by atoms with E-state index in [4.69, 9.17) is 28.4 Å². The molecule has 2 aromatic rings. The van der Waals surface area contributed by atoms with Crippen LogP contribution >= 0.6 is 35.6 Å². The lowest BCUT2D eigenvalue weighted by molar-refractivity contribution is -0.124. The van der Waals surface area contributed by atoms with Gasteiger partial charge in [-0.3, -0.25) is 10.0 Å². The molecule has 1 aliphatic heterocycles. The number of urea groups is 1. The molecule has 11 heteroatoms. The van der Waals surface area contributed by atoms with Gasteiger partial charge in [0.15, 0.2) is 0 Å². The van der Waals surface area contributed by atoms with Crippen LogP contribution in [0.25, 0.3) is 6.08 Å². The zero-order chi connectivity index (χ0) is 21.5. The van der Waals surface area contributed by atoms with Gasteiger partial charge in [-0.25, -0.2) is 15.3 Å². The van der Waals surface area contributed by atoms with Crippen molar-refractivity contribution in [3.63, 3.8) is 0 Å². The Kier molecular flexibility index (Phi) is 9.39. The Morgan fingerprint density at radius 3 is 2.45 bits per heavy atom. The average molecular weight is 487 g/mol. The molecular weight excluding hydrogens is 465 g/mol. The van der Waals surface area contributed by atoms with Crippen molar-refractivity contribution in [1.29, 1.82) is 0 Å². The molecule has 2 heterocycles. The molecule has 0 spiro atoms. The summed E-state index contributed by atoms with van der Waals surface area (Å²) in [7, 11) is 0. The maximum absolute atomic E-state index is 12.4. The van der Waals surface area contributed by atoms with Crippen molar-refractivity contribution in [2.24, 2.45) is 0 Å². The Morgan fingerprint density at radius 1 is 1.16 bits per heavy atom. The van der Waals surface area contributed by atoms with Crippen molar-refractivity contribution in [1.82, 2.24) is 15.4 Å². The molecule has 1 aromatic heterocycles. The maximum atomic E-state index is 12.4. The predicted molar refractivity (Wildman–Crippen MR) is 124 cm³/mol. The lowest BCUT2D eigenvalue weighted by Gasteiger charge is -2.32. The van der Waals surface area contributed by atoms with E-state index in [1.54, 1.807) is 41.4 Å². The number of nitrogens with one attached hydrogen (secondary N) is 3. The number of rotatable bonds is 5. The Hall–Kier alpha value is -2.52. The smallest absolute Gasteiger partial charge is 0.321 e. The van der Waals surface area contributed by atoms with Crippen LogP contribution in [0.1, 0.15) is 18.4 Å². The van der Waals surface area contributed by atoms with E-state index in [-0.39, 0.29) is 24.5 Å². The Bertz CT molecular complexity index is 932. The molecule has 0 radical (unpaired) electrons. The highest BCUT2D eigenvalue weighted by molar-refractivity contribution is 6.33. The van der Waals surface area contributed by atoms with Crippen molar-refractivity contribution in [2.75, 3.05) is 23.7 Å². The fourth-order valence-corrected chi connectivity index (χ4v) is 3.37. The molecule has 4 N–H and O–H groups in total. The zero-order valence-electron chi connectivity index (χ0n) is 16.3. The van der Waals surface area contributed by atoms with E-state index in [2.05, 4.69) is 15.6 Å². The van der Waals surface area contributed by atoms with Crippen LogP contribution in [0, 0.1) is 0 Å². The Labute approximate surface area is 196 Å². The van der Waals surface area contributed by atoms with Crippen LogP contribution in [0.5, 0.6) is 0 Å². The highest BCUT2D eigenvalue weighted by atomic mass is 35.5. The average Bonchev–Trinajstić information content (AvgIpc) is 2.75. The number of benzene rings is 1. The first kappa shape index (κ1) is 24.7. The zero-order valence-corrected chi connectivity index (χ0v) is 18.7. The number of carbonyl (C=O) groups is 2. The first-order valence-electron chi connectivity index (χ1n) is 9.30. The van der Waals surface area contributed by atoms with Gasteiger partial charge in [-0.15, -0.1) is 12.4 Å². The number of likely N-dealkylation sites (tertiary alicyclic amines) is 1. The summed E-state index contributed by atoms with van der Waals surface area (Å²) in [6, 6.07) is 8.64. The number of carbonyl (C=O) groups excluding carboxylic acids is 2. The topological polar surface area (TPSA) is 107 Å². The number of pyridine rings is 1. The summed E-state index contributed by atoms with van der Waals surface area (Å²) in [4.78, 5) is 29.5. The van der Waals surface area contributed by atoms with E-state index < -0.39 is 5.91 Å². The minimum atomic E-state index is -0.639. The molecule has 0 saturated carbocycles. The van der Waals surface area contributed by atoms with Crippen molar-refractivity contribution in [2.45, 2.75) is 18.9 Å². The normalized spacial score (nSPS) is 14.1. The molecule has 1 saturated heterocycles. The molecule has 3 rings (SSSR count). The molecule has 166 valence electrons. The molecule has 31 heavy (non-hydrogen) atoms. The summed E-state index contributed by atoms with van der Waals surface area (Å²) < 4.78 is 0. The fourth-order valence-electron chi connectivity index (χ4n) is 3.02. The number of nitrogens with zero attached hydrogens (tertiary/aromatic N) is 2. The molecular formula is C20H22Cl3N5O3. The number of hydroxylamine groups is 1. The highest BCUT2D eigenvalue weighted by Crippen LogP contribution is 2.24. The molecule has 1 aliphatic rings. The lowest BCUT2D eigenvalue weighted by atomic mass is 10.1. The standard InChI is InChI=1S/C20H21Cl2N5O3.ClH/c21-14-2-4-15(5-3-14)25-20(29)27-9-7-16(8-10-27)24-19-17(22)11-13(12-23-19)1-6-18(28)26-30;/h1-6,11-12,16,30H,7-10H2,(H,23,24)(H,25,29)(H,26,28);1H/b6-1+;. The van der Waals surface area contributed by atoms with Gasteiger partial charge in [0.05, 0.1) is 5.02 Å². The van der Waals surface area contributed by atoms with Crippen molar-refractivity contribution < 1.29 is 14.8 Å². The van der Waals surface area contributed by atoms with Gasteiger partial charge in [0, 0.05) is 42.1 Å². The van der Waals surface area contributed by atoms with Crippen LogP contribution in [0.3, 0.4) is 0 Å². The van der Waals surface area contributed by atoms with E-state index >= 15 is 0 Å². The predicted octanol–water partition coefficient (Wildman–Crippen LogP) is 4.44. The third kappa shape index (κ3) is 7.29. The number of hydrogen-bond acceptors (Lipinski definition) is 5. The van der Waals surface area contributed by atoms with Crippen molar-refractivity contribution in [3.8, 4) is 0 Å². The van der Waals surface area contributed by atoms with Gasteiger partial charge in [-0.05, 0) is 54.8 Å². The molecule has 3 amide bonds. The van der Waals surface area contributed by atoms with Crippen molar-refractivity contribution >= 4 is 65.1 Å². The van der Waals surface area contributed by atoms with Crippen LogP contribution in [-0.4, -0.2) is 46.2 Å². The third-order valence-electron chi connectivity index (χ3n) is 4.62. The van der Waals surface area contributed by atoms with Crippen LogP contribution < -0.4 is 16.1 Å². The minimum absolute atomic E-state index is 0. The molecule has 1 fully saturated rings. The largest absolute Gasteiger partial charge is 0.366 e. The number of halogens is 3. The van der Waals surface area contributed by atoms with Crippen LogP contribution in [0.15, 0.2) is 42.6 Å². The maximum Gasteiger partial charge on any atom is 0.321 e. The summed E-state index contributed by atoms with van der Waals surface area (Å²) in [6.07, 6.45) is 5.75. The van der Waals surface area contributed by atoms with Crippen LogP contribution in [0.2, 0.25) is 10.0 Å². The molecule has 0 unspecified atom stereocenters. The minimum Gasteiger partial charge on any atom is -0.366 e. The van der Waals surface area contributed by atoms with Gasteiger partial charge in [0.1, 0.15) is 5.82 Å². The van der Waals surface area contributed by atoms with Gasteiger partial charge in [0.2, 0.25) is 0 Å². The van der Waals surface area contributed by atoms with Crippen LogP contribution in [-0.2, 0) is 4.79 Å². The van der Waals surface area contributed by atoms with E-state index in [0.29, 0.717) is 40.2 Å². The van der Waals surface area contributed by atoms with Crippen LogP contribution in [0.4, 0.5) is 16.3 Å². The van der Waals surface area contributed by atoms with Gasteiger partial charge in [0.25, 0.3) is 5.91 Å². The van der Waals surface area contributed by atoms with Gasteiger partial charge >= 0.3 is 6.03 Å². The Morgan fingerprint density at radius 2 is 1.84 bits per heavy atom. The van der Waals surface area contributed by atoms with E-state index in [1.165, 1.54) is 17.6 Å². The monoisotopic (exact) mass is 485 g/mol. The number of aromatic nitrogens is 1. The Balaban J connectivity index is 0.00000341. The second kappa shape index (κ2) is 11.8. The number of piperidine rings is 1. The lowest BCUT2D eigenvalue weighted by Crippen LogP contribution is -2.44. The van der Waals surface area contributed by atoms with Crippen molar-refractivity contribution in [3.05, 3.63) is 58.2 Å². The van der Waals surface area contributed by atoms with Gasteiger partial charge < -0.3 is 15.5 Å². The van der Waals surface area contributed by atoms with E-state index in [0.717, 1.165) is 12.8 Å². The van der Waals surface area contributed by atoms with E-state index in [9.17, 15) is 9.59 Å². The molecule has 0 bridgehead atoms. The molecule has 1 aromatic carbocycles. The first-order valence-corrected chi connectivity index (χ1v) is 10.1. The molecule has 0 atom stereocenters. The highest BCUT2D eigenvalue weighted by Gasteiger charge is 2.23.